The van der Waals surface area contributed by atoms with Gasteiger partial charge in [0.05, 0.1) is 13.5 Å². The van der Waals surface area contributed by atoms with Gasteiger partial charge in [-0.25, -0.2) is 0 Å². The van der Waals surface area contributed by atoms with Gasteiger partial charge in [0.25, 0.3) is 5.91 Å². The van der Waals surface area contributed by atoms with Crippen LogP contribution >= 0.6 is 0 Å². The average Bonchev–Trinajstić information content (AvgIpc) is 2.28. The van der Waals surface area contributed by atoms with E-state index in [2.05, 4.69) is 10.4 Å². The van der Waals surface area contributed by atoms with Crippen molar-refractivity contribution >= 4 is 11.6 Å². The largest absolute Gasteiger partial charge is 0.494 e. The Bertz CT molecular complexity index is 403. The van der Waals surface area contributed by atoms with Crippen LogP contribution in [-0.4, -0.2) is 13.0 Å². The first-order valence-electron chi connectivity index (χ1n) is 4.07. The standard InChI is InChI=1S/C9H8N2O4/c1-15-8-4-6(5-9(12)11-14)2-3-7(8)10-13/h2-4H,5H2,1H3. The van der Waals surface area contributed by atoms with E-state index in [1.165, 1.54) is 25.3 Å². The third kappa shape index (κ3) is 2.67. The minimum absolute atomic E-state index is 0.112. The van der Waals surface area contributed by atoms with Gasteiger partial charge in [-0.3, -0.25) is 4.79 Å². The minimum Gasteiger partial charge on any atom is -0.494 e. The highest BCUT2D eigenvalue weighted by Gasteiger charge is 2.08. The summed E-state index contributed by atoms with van der Waals surface area (Å²) in [6.07, 6.45) is -0.112. The molecule has 0 radical (unpaired) electrons. The van der Waals surface area contributed by atoms with Gasteiger partial charge in [0.1, 0.15) is 11.4 Å². The zero-order valence-corrected chi connectivity index (χ0v) is 7.97. The third-order valence-corrected chi connectivity index (χ3v) is 1.80. The van der Waals surface area contributed by atoms with E-state index in [9.17, 15) is 14.6 Å². The Morgan fingerprint density at radius 3 is 2.67 bits per heavy atom. The molecule has 0 bridgehead atoms. The summed E-state index contributed by atoms with van der Waals surface area (Å²) in [7, 11) is 1.38. The summed E-state index contributed by atoms with van der Waals surface area (Å²) in [5.41, 5.74) is 0.691. The van der Waals surface area contributed by atoms with Crippen molar-refractivity contribution in [3.63, 3.8) is 0 Å². The van der Waals surface area contributed by atoms with Crippen molar-refractivity contribution < 1.29 is 9.53 Å². The van der Waals surface area contributed by atoms with Gasteiger partial charge in [-0.05, 0) is 22.9 Å². The van der Waals surface area contributed by atoms with Gasteiger partial charge >= 0.3 is 0 Å². The van der Waals surface area contributed by atoms with E-state index in [1.54, 1.807) is 0 Å². The van der Waals surface area contributed by atoms with Crippen LogP contribution in [0.15, 0.2) is 28.6 Å². The molecule has 6 heteroatoms. The van der Waals surface area contributed by atoms with Crippen LogP contribution in [0.2, 0.25) is 0 Å². The molecule has 0 aliphatic heterocycles. The van der Waals surface area contributed by atoms with Crippen molar-refractivity contribution in [1.82, 2.24) is 0 Å². The lowest BCUT2D eigenvalue weighted by Gasteiger charge is -2.03. The Balaban J connectivity index is 2.97. The number of nitroso groups, excluding NO2 is 2. The maximum atomic E-state index is 10.7. The maximum Gasteiger partial charge on any atom is 0.290 e. The highest BCUT2D eigenvalue weighted by Crippen LogP contribution is 2.28. The van der Waals surface area contributed by atoms with Gasteiger partial charge < -0.3 is 4.74 Å². The summed E-state index contributed by atoms with van der Waals surface area (Å²) < 4.78 is 4.88. The lowest BCUT2D eigenvalue weighted by atomic mass is 10.1. The van der Waals surface area contributed by atoms with Crippen LogP contribution in [0.3, 0.4) is 0 Å². The van der Waals surface area contributed by atoms with Gasteiger partial charge in [0.15, 0.2) is 0 Å². The number of nitrogens with zero attached hydrogens (tertiary/aromatic N) is 2. The van der Waals surface area contributed by atoms with Crippen LogP contribution in [0.4, 0.5) is 5.69 Å². The van der Waals surface area contributed by atoms with Gasteiger partial charge in [-0.2, -0.15) is 0 Å². The SMILES string of the molecule is COc1cc(CC(=O)N=O)ccc1N=O. The Morgan fingerprint density at radius 2 is 2.13 bits per heavy atom. The van der Waals surface area contributed by atoms with Crippen molar-refractivity contribution in [2.45, 2.75) is 6.42 Å². The first-order valence-corrected chi connectivity index (χ1v) is 4.07. The summed E-state index contributed by atoms with van der Waals surface area (Å²) in [5, 5.41) is 5.00. The Labute approximate surface area is 85.2 Å². The zero-order chi connectivity index (χ0) is 11.3. The maximum absolute atomic E-state index is 10.7. The van der Waals surface area contributed by atoms with Crippen LogP contribution in [-0.2, 0) is 11.2 Å². The second kappa shape index (κ2) is 4.94. The molecule has 78 valence electrons. The molecule has 0 heterocycles. The first-order chi connectivity index (χ1) is 7.21. The smallest absolute Gasteiger partial charge is 0.290 e. The number of carbonyl (C=O) groups excluding carboxylic acids is 1. The lowest BCUT2D eigenvalue weighted by molar-refractivity contribution is -0.117. The van der Waals surface area contributed by atoms with Crippen molar-refractivity contribution in [3.8, 4) is 5.75 Å². The number of methoxy groups -OCH3 is 1. The molecule has 0 aliphatic rings. The Kier molecular flexibility index (Phi) is 3.61. The molecule has 0 atom stereocenters. The normalized spacial score (nSPS) is 9.40. The molecule has 0 aliphatic carbocycles. The van der Waals surface area contributed by atoms with Crippen molar-refractivity contribution in [1.29, 1.82) is 0 Å². The predicted octanol–water partition coefficient (Wildman–Crippen LogP) is 1.93. The molecule has 1 amide bonds. The monoisotopic (exact) mass is 208 g/mol. The van der Waals surface area contributed by atoms with E-state index in [0.29, 0.717) is 5.56 Å². The summed E-state index contributed by atoms with van der Waals surface area (Å²) in [6.45, 7) is 0. The number of ether oxygens (including phenoxy) is 1. The zero-order valence-electron chi connectivity index (χ0n) is 7.97. The lowest BCUT2D eigenvalue weighted by Crippen LogP contribution is -1.98. The number of benzene rings is 1. The number of rotatable bonds is 4. The summed E-state index contributed by atoms with van der Waals surface area (Å²) >= 11 is 0. The molecule has 0 saturated carbocycles. The molecular formula is C9H8N2O4. The number of hydrogen-bond donors (Lipinski definition) is 0. The summed E-state index contributed by atoms with van der Waals surface area (Å²) in [4.78, 5) is 30.9. The Morgan fingerprint density at radius 1 is 1.40 bits per heavy atom. The molecule has 0 aromatic heterocycles. The fourth-order valence-electron chi connectivity index (χ4n) is 1.11. The second-order valence-corrected chi connectivity index (χ2v) is 2.76. The summed E-state index contributed by atoms with van der Waals surface area (Å²) in [6, 6.07) is 4.40. The molecule has 1 aromatic carbocycles. The van der Waals surface area contributed by atoms with Crippen molar-refractivity contribution in [2.24, 2.45) is 10.4 Å². The fourth-order valence-corrected chi connectivity index (χ4v) is 1.11. The van der Waals surface area contributed by atoms with Gasteiger partial charge in [0, 0.05) is 5.18 Å². The quantitative estimate of drug-likeness (QED) is 0.707. The molecular weight excluding hydrogens is 200 g/mol. The molecule has 0 N–H and O–H groups in total. The molecule has 1 rings (SSSR count). The van der Waals surface area contributed by atoms with E-state index in [1.807, 2.05) is 0 Å². The third-order valence-electron chi connectivity index (χ3n) is 1.80. The Hall–Kier alpha value is -2.11. The van der Waals surface area contributed by atoms with Gasteiger partial charge in [0.2, 0.25) is 0 Å². The number of hydrogen-bond acceptors (Lipinski definition) is 5. The molecule has 0 unspecified atom stereocenters. The minimum atomic E-state index is -0.774. The summed E-state index contributed by atoms with van der Waals surface area (Å²) in [5.74, 6) is -0.509. The molecule has 0 saturated heterocycles. The molecule has 15 heavy (non-hydrogen) atoms. The predicted molar refractivity (Wildman–Crippen MR) is 53.0 cm³/mol. The van der Waals surface area contributed by atoms with Crippen LogP contribution in [0, 0.1) is 9.81 Å². The van der Waals surface area contributed by atoms with E-state index >= 15 is 0 Å². The van der Waals surface area contributed by atoms with Crippen LogP contribution in [0.5, 0.6) is 5.75 Å². The highest BCUT2D eigenvalue weighted by molar-refractivity contribution is 5.79. The molecule has 0 spiro atoms. The van der Waals surface area contributed by atoms with E-state index in [-0.39, 0.29) is 17.9 Å². The number of amides is 1. The van der Waals surface area contributed by atoms with E-state index in [4.69, 9.17) is 4.74 Å². The highest BCUT2D eigenvalue weighted by atomic mass is 16.5. The second-order valence-electron chi connectivity index (χ2n) is 2.76. The van der Waals surface area contributed by atoms with Crippen molar-refractivity contribution in [2.75, 3.05) is 7.11 Å². The van der Waals surface area contributed by atoms with Crippen LogP contribution < -0.4 is 4.74 Å². The van der Waals surface area contributed by atoms with Gasteiger partial charge in [-0.1, -0.05) is 6.07 Å². The number of carbonyl (C=O) groups is 1. The molecule has 0 fully saturated rings. The van der Waals surface area contributed by atoms with E-state index in [0.717, 1.165) is 0 Å². The fraction of sp³-hybridized carbons (Fsp3) is 0.222. The van der Waals surface area contributed by atoms with Crippen LogP contribution in [0.25, 0.3) is 0 Å². The average molecular weight is 208 g/mol. The first kappa shape index (κ1) is 11.0. The van der Waals surface area contributed by atoms with Crippen molar-refractivity contribution in [3.05, 3.63) is 33.6 Å². The molecule has 6 nitrogen and oxygen atoms in total. The molecule has 1 aromatic rings. The van der Waals surface area contributed by atoms with E-state index < -0.39 is 5.91 Å². The van der Waals surface area contributed by atoms with Gasteiger partial charge in [-0.15, -0.1) is 9.81 Å². The van der Waals surface area contributed by atoms with Crippen LogP contribution in [0.1, 0.15) is 5.56 Å². The topological polar surface area (TPSA) is 85.2 Å².